The van der Waals surface area contributed by atoms with Crippen LogP contribution in [-0.2, 0) is 10.2 Å². The summed E-state index contributed by atoms with van der Waals surface area (Å²) < 4.78 is 11.0. The lowest BCUT2D eigenvalue weighted by molar-refractivity contribution is -0.141. The third kappa shape index (κ3) is 2.71. The molecule has 0 bridgehead atoms. The van der Waals surface area contributed by atoms with Crippen LogP contribution in [0.1, 0.15) is 38.2 Å². The van der Waals surface area contributed by atoms with Crippen molar-refractivity contribution in [2.45, 2.75) is 38.0 Å². The molecule has 24 heavy (non-hydrogen) atoms. The number of rotatable bonds is 5. The Morgan fingerprint density at radius 3 is 2.50 bits per heavy atom. The summed E-state index contributed by atoms with van der Waals surface area (Å²) in [6, 6.07) is 8.25. The highest BCUT2D eigenvalue weighted by atomic mass is 16.5. The number of methoxy groups -OCH3 is 1. The Morgan fingerprint density at radius 1 is 1.33 bits per heavy atom. The molecular weight excluding hydrogens is 306 g/mol. The van der Waals surface area contributed by atoms with Gasteiger partial charge in [-0.15, -0.1) is 0 Å². The molecule has 0 aromatic heterocycles. The summed E-state index contributed by atoms with van der Waals surface area (Å²) in [5.41, 5.74) is 0.409. The number of fused-ring (bicyclic) bond motifs is 1. The molecule has 128 valence electrons. The number of aliphatic carboxylic acids is 1. The van der Waals surface area contributed by atoms with E-state index < -0.39 is 11.4 Å². The molecule has 2 fully saturated rings. The SMILES string of the molecule is CCOc1cc(C2(C#N)C[C@H]3CC(C(=O)O)C[C@H]3C2)ccc1OC. The van der Waals surface area contributed by atoms with Crippen molar-refractivity contribution in [1.29, 1.82) is 5.26 Å². The summed E-state index contributed by atoms with van der Waals surface area (Å²) in [5, 5.41) is 19.1. The van der Waals surface area contributed by atoms with Crippen LogP contribution in [0.5, 0.6) is 11.5 Å². The van der Waals surface area contributed by atoms with Gasteiger partial charge in [-0.25, -0.2) is 0 Å². The molecule has 2 aliphatic rings. The lowest BCUT2D eigenvalue weighted by Gasteiger charge is -2.24. The van der Waals surface area contributed by atoms with E-state index in [9.17, 15) is 15.2 Å². The average molecular weight is 329 g/mol. The Morgan fingerprint density at radius 2 is 2.00 bits per heavy atom. The Bertz CT molecular complexity index is 664. The van der Waals surface area contributed by atoms with E-state index in [1.807, 2.05) is 25.1 Å². The minimum absolute atomic E-state index is 0.244. The Hall–Kier alpha value is -2.22. The topological polar surface area (TPSA) is 79.5 Å². The third-order valence-electron chi connectivity index (χ3n) is 5.64. The summed E-state index contributed by atoms with van der Waals surface area (Å²) in [5.74, 6) is 1.03. The first-order valence-electron chi connectivity index (χ1n) is 8.48. The van der Waals surface area contributed by atoms with Gasteiger partial charge >= 0.3 is 5.97 Å². The normalized spacial score (nSPS) is 31.3. The van der Waals surface area contributed by atoms with E-state index in [1.54, 1.807) is 7.11 Å². The van der Waals surface area contributed by atoms with Gasteiger partial charge in [0.2, 0.25) is 0 Å². The molecule has 5 heteroatoms. The highest BCUT2D eigenvalue weighted by Crippen LogP contribution is 2.56. The van der Waals surface area contributed by atoms with Gasteiger partial charge in [-0.2, -0.15) is 5.26 Å². The summed E-state index contributed by atoms with van der Waals surface area (Å²) in [6.45, 7) is 2.45. The number of carboxylic acid groups (broad SMARTS) is 1. The quantitative estimate of drug-likeness (QED) is 0.896. The molecule has 2 saturated carbocycles. The van der Waals surface area contributed by atoms with Crippen molar-refractivity contribution in [3.05, 3.63) is 23.8 Å². The van der Waals surface area contributed by atoms with Crippen molar-refractivity contribution in [3.63, 3.8) is 0 Å². The maximum absolute atomic E-state index is 11.2. The van der Waals surface area contributed by atoms with Crippen LogP contribution in [0.2, 0.25) is 0 Å². The molecule has 3 rings (SSSR count). The zero-order valence-electron chi connectivity index (χ0n) is 14.1. The van der Waals surface area contributed by atoms with Gasteiger partial charge in [0.15, 0.2) is 11.5 Å². The lowest BCUT2D eigenvalue weighted by atomic mass is 9.77. The van der Waals surface area contributed by atoms with Crippen LogP contribution < -0.4 is 9.47 Å². The van der Waals surface area contributed by atoms with E-state index in [4.69, 9.17) is 9.47 Å². The van der Waals surface area contributed by atoms with E-state index in [0.29, 0.717) is 42.8 Å². The van der Waals surface area contributed by atoms with Crippen LogP contribution in [0.25, 0.3) is 0 Å². The van der Waals surface area contributed by atoms with Gasteiger partial charge in [-0.3, -0.25) is 4.79 Å². The van der Waals surface area contributed by atoms with Gasteiger partial charge in [-0.1, -0.05) is 6.07 Å². The summed E-state index contributed by atoms with van der Waals surface area (Å²) in [4.78, 5) is 11.2. The van der Waals surface area contributed by atoms with Crippen molar-refractivity contribution >= 4 is 5.97 Å². The van der Waals surface area contributed by atoms with Crippen LogP contribution in [0, 0.1) is 29.1 Å². The third-order valence-corrected chi connectivity index (χ3v) is 5.64. The maximum atomic E-state index is 11.2. The minimum Gasteiger partial charge on any atom is -0.493 e. The summed E-state index contributed by atoms with van der Waals surface area (Å²) in [7, 11) is 1.60. The van der Waals surface area contributed by atoms with Crippen molar-refractivity contribution in [2.24, 2.45) is 17.8 Å². The number of carboxylic acids is 1. The zero-order chi connectivity index (χ0) is 17.3. The highest BCUT2D eigenvalue weighted by Gasteiger charge is 2.52. The Balaban J connectivity index is 1.87. The number of hydrogen-bond donors (Lipinski definition) is 1. The lowest BCUT2D eigenvalue weighted by Crippen LogP contribution is -2.22. The van der Waals surface area contributed by atoms with E-state index >= 15 is 0 Å². The van der Waals surface area contributed by atoms with E-state index in [-0.39, 0.29) is 5.92 Å². The van der Waals surface area contributed by atoms with Crippen LogP contribution in [0.15, 0.2) is 18.2 Å². The summed E-state index contributed by atoms with van der Waals surface area (Å²) >= 11 is 0. The largest absolute Gasteiger partial charge is 0.493 e. The number of hydrogen-bond acceptors (Lipinski definition) is 4. The molecule has 0 aliphatic heterocycles. The molecule has 5 nitrogen and oxygen atoms in total. The number of carbonyl (C=O) groups is 1. The molecule has 2 unspecified atom stereocenters. The number of nitrogens with zero attached hydrogens (tertiary/aromatic N) is 1. The number of benzene rings is 1. The minimum atomic E-state index is -0.699. The van der Waals surface area contributed by atoms with Crippen LogP contribution in [0.3, 0.4) is 0 Å². The number of ether oxygens (including phenoxy) is 2. The molecule has 0 heterocycles. The molecule has 1 N–H and O–H groups in total. The van der Waals surface area contributed by atoms with E-state index in [0.717, 1.165) is 18.4 Å². The molecule has 1 aromatic carbocycles. The predicted octanol–water partition coefficient (Wildman–Crippen LogP) is 3.38. The molecule has 1 aromatic rings. The molecule has 0 radical (unpaired) electrons. The van der Waals surface area contributed by atoms with Gasteiger partial charge in [0.1, 0.15) is 0 Å². The van der Waals surface area contributed by atoms with Crippen molar-refractivity contribution in [1.82, 2.24) is 0 Å². The van der Waals surface area contributed by atoms with Gasteiger partial charge in [0, 0.05) is 0 Å². The first-order valence-corrected chi connectivity index (χ1v) is 8.48. The second-order valence-corrected chi connectivity index (χ2v) is 6.93. The van der Waals surface area contributed by atoms with Crippen molar-refractivity contribution < 1.29 is 19.4 Å². The molecule has 2 aliphatic carbocycles. The number of nitriles is 1. The van der Waals surface area contributed by atoms with Gasteiger partial charge in [-0.05, 0) is 62.1 Å². The van der Waals surface area contributed by atoms with Gasteiger partial charge < -0.3 is 14.6 Å². The van der Waals surface area contributed by atoms with E-state index in [1.165, 1.54) is 0 Å². The Kier molecular flexibility index (Phi) is 4.40. The second-order valence-electron chi connectivity index (χ2n) is 6.93. The zero-order valence-corrected chi connectivity index (χ0v) is 14.1. The monoisotopic (exact) mass is 329 g/mol. The average Bonchev–Trinajstić information content (AvgIpc) is 3.11. The first kappa shape index (κ1) is 16.6. The van der Waals surface area contributed by atoms with Gasteiger partial charge in [0.05, 0.1) is 31.1 Å². The molecule has 4 atom stereocenters. The standard InChI is InChI=1S/C19H23NO4/c1-3-24-17-8-15(4-5-16(17)23-2)19(11-20)9-13-6-12(18(21)22)7-14(13)10-19/h4-5,8,12-14H,3,6-7,9-10H2,1-2H3,(H,21,22)/t12?,13-,14+,19?. The molecule has 0 amide bonds. The van der Waals surface area contributed by atoms with Gasteiger partial charge in [0.25, 0.3) is 0 Å². The maximum Gasteiger partial charge on any atom is 0.306 e. The fourth-order valence-corrected chi connectivity index (χ4v) is 4.53. The second kappa shape index (κ2) is 6.35. The molecular formula is C19H23NO4. The fourth-order valence-electron chi connectivity index (χ4n) is 4.53. The first-order chi connectivity index (χ1) is 11.5. The fraction of sp³-hybridized carbons (Fsp3) is 0.579. The van der Waals surface area contributed by atoms with Crippen LogP contribution >= 0.6 is 0 Å². The van der Waals surface area contributed by atoms with E-state index in [2.05, 4.69) is 6.07 Å². The molecule has 0 spiro atoms. The summed E-state index contributed by atoms with van der Waals surface area (Å²) in [6.07, 6.45) is 2.85. The Labute approximate surface area is 142 Å². The van der Waals surface area contributed by atoms with Crippen molar-refractivity contribution in [3.8, 4) is 17.6 Å². The van der Waals surface area contributed by atoms with Crippen LogP contribution in [-0.4, -0.2) is 24.8 Å². The molecule has 0 saturated heterocycles. The smallest absolute Gasteiger partial charge is 0.306 e. The predicted molar refractivity (Wildman–Crippen MR) is 88.0 cm³/mol. The van der Waals surface area contributed by atoms with Crippen LogP contribution in [0.4, 0.5) is 0 Å². The highest BCUT2D eigenvalue weighted by molar-refractivity contribution is 5.70. The van der Waals surface area contributed by atoms with Crippen molar-refractivity contribution in [2.75, 3.05) is 13.7 Å².